The van der Waals surface area contributed by atoms with Crippen LogP contribution in [0.25, 0.3) is 0 Å². The Labute approximate surface area is 153 Å². The van der Waals surface area contributed by atoms with Crippen LogP contribution in [0.15, 0.2) is 61.4 Å². The molecule has 25 heavy (non-hydrogen) atoms. The van der Waals surface area contributed by atoms with E-state index in [1.54, 1.807) is 18.2 Å². The first-order chi connectivity index (χ1) is 11.4. The Morgan fingerprint density at radius 1 is 1.24 bits per heavy atom. The third kappa shape index (κ3) is 6.58. The van der Waals surface area contributed by atoms with Gasteiger partial charge in [-0.25, -0.2) is 9.36 Å². The predicted octanol–water partition coefficient (Wildman–Crippen LogP) is 0.932. The molecule has 8 heteroatoms. The number of halogens is 4. The number of pyridine rings is 1. The molecule has 1 heterocycles. The van der Waals surface area contributed by atoms with E-state index < -0.39 is 17.8 Å². The average Bonchev–Trinajstić information content (AvgIpc) is 2.54. The van der Waals surface area contributed by atoms with E-state index >= 15 is 0 Å². The van der Waals surface area contributed by atoms with Gasteiger partial charge in [-0.2, -0.15) is 13.2 Å². The molecule has 1 aromatic heterocycles. The summed E-state index contributed by atoms with van der Waals surface area (Å²) in [7, 11) is 0. The summed E-state index contributed by atoms with van der Waals surface area (Å²) < 4.78 is 44.7. The van der Waals surface area contributed by atoms with E-state index in [0.29, 0.717) is 6.54 Å². The number of hydrogen-bond acceptors (Lipinski definition) is 2. The van der Waals surface area contributed by atoms with Gasteiger partial charge >= 0.3 is 12.3 Å². The van der Waals surface area contributed by atoms with Crippen molar-refractivity contribution in [2.45, 2.75) is 19.3 Å². The largest absolute Gasteiger partial charge is 1.00 e. The number of aromatic nitrogens is 1. The van der Waals surface area contributed by atoms with Crippen molar-refractivity contribution in [3.63, 3.8) is 0 Å². The number of allylic oxidation sites excluding steroid dienone is 1. The van der Waals surface area contributed by atoms with Crippen LogP contribution in [0.4, 0.5) is 23.7 Å². The third-order valence-corrected chi connectivity index (χ3v) is 3.11. The Morgan fingerprint density at radius 2 is 1.92 bits per heavy atom. The first-order valence-electron chi connectivity index (χ1n) is 7.08. The van der Waals surface area contributed by atoms with E-state index in [9.17, 15) is 18.0 Å². The number of alkyl halides is 3. The second kappa shape index (κ2) is 9.22. The zero-order valence-corrected chi connectivity index (χ0v) is 14.7. The minimum atomic E-state index is -4.47. The van der Waals surface area contributed by atoms with Crippen molar-refractivity contribution in [1.82, 2.24) is 0 Å². The number of carbonyl (C=O) groups is 1. The van der Waals surface area contributed by atoms with Crippen molar-refractivity contribution in [1.29, 1.82) is 0 Å². The van der Waals surface area contributed by atoms with Gasteiger partial charge in [-0.1, -0.05) is 12.6 Å². The van der Waals surface area contributed by atoms with Crippen LogP contribution in [-0.2, 0) is 24.1 Å². The average molecular weight is 417 g/mol. The van der Waals surface area contributed by atoms with E-state index in [0.717, 1.165) is 17.7 Å². The SMILES string of the molecule is C=CC[n+]1ccc(COC(=O)Nc2cccc(C(F)(F)F)c2)cc1.[Br-]. The van der Waals surface area contributed by atoms with Crippen LogP contribution in [0.2, 0.25) is 0 Å². The summed E-state index contributed by atoms with van der Waals surface area (Å²) in [5.74, 6) is 0. The van der Waals surface area contributed by atoms with Gasteiger partial charge in [-0.3, -0.25) is 5.32 Å². The number of hydrogen-bond donors (Lipinski definition) is 1. The van der Waals surface area contributed by atoms with Gasteiger partial charge in [0.05, 0.1) is 5.56 Å². The fourth-order valence-corrected chi connectivity index (χ4v) is 1.93. The van der Waals surface area contributed by atoms with Crippen LogP contribution in [0.3, 0.4) is 0 Å². The molecule has 0 spiro atoms. The monoisotopic (exact) mass is 416 g/mol. The Morgan fingerprint density at radius 3 is 2.52 bits per heavy atom. The molecular weight excluding hydrogens is 401 g/mol. The van der Waals surface area contributed by atoms with Gasteiger partial charge in [0.25, 0.3) is 0 Å². The van der Waals surface area contributed by atoms with Crippen molar-refractivity contribution >= 4 is 11.8 Å². The minimum absolute atomic E-state index is 0. The van der Waals surface area contributed by atoms with E-state index in [-0.39, 0.29) is 29.3 Å². The molecule has 0 aliphatic heterocycles. The van der Waals surface area contributed by atoms with Crippen molar-refractivity contribution in [3.8, 4) is 0 Å². The lowest BCUT2D eigenvalue weighted by Gasteiger charge is -2.10. The summed E-state index contributed by atoms with van der Waals surface area (Å²) >= 11 is 0. The lowest BCUT2D eigenvalue weighted by atomic mass is 10.2. The van der Waals surface area contributed by atoms with Crippen LogP contribution < -0.4 is 26.9 Å². The van der Waals surface area contributed by atoms with Crippen molar-refractivity contribution in [2.75, 3.05) is 5.32 Å². The van der Waals surface area contributed by atoms with E-state index in [1.807, 2.05) is 17.0 Å². The van der Waals surface area contributed by atoms with Gasteiger partial charge in [0.15, 0.2) is 18.9 Å². The van der Waals surface area contributed by atoms with E-state index in [1.165, 1.54) is 12.1 Å². The summed E-state index contributed by atoms with van der Waals surface area (Å²) in [6.07, 6.45) is 0.0820. The van der Waals surface area contributed by atoms with Gasteiger partial charge < -0.3 is 21.7 Å². The summed E-state index contributed by atoms with van der Waals surface area (Å²) in [6.45, 7) is 4.31. The molecule has 2 aromatic rings. The zero-order chi connectivity index (χ0) is 17.6. The van der Waals surface area contributed by atoms with Crippen molar-refractivity contribution in [3.05, 3.63) is 72.6 Å². The number of nitrogens with zero attached hydrogens (tertiary/aromatic N) is 1. The third-order valence-electron chi connectivity index (χ3n) is 3.11. The van der Waals surface area contributed by atoms with Gasteiger partial charge in [0.1, 0.15) is 6.61 Å². The van der Waals surface area contributed by atoms with Gasteiger partial charge in [0, 0.05) is 23.4 Å². The highest BCUT2D eigenvalue weighted by atomic mass is 79.9. The summed E-state index contributed by atoms with van der Waals surface area (Å²) in [6, 6.07) is 7.91. The Kier molecular flexibility index (Phi) is 7.63. The lowest BCUT2D eigenvalue weighted by molar-refractivity contribution is -0.687. The highest BCUT2D eigenvalue weighted by Gasteiger charge is 2.30. The summed E-state index contributed by atoms with van der Waals surface area (Å²) in [4.78, 5) is 11.7. The van der Waals surface area contributed by atoms with Crippen LogP contribution in [-0.4, -0.2) is 6.09 Å². The Bertz CT molecular complexity index is 719. The number of amides is 1. The standard InChI is InChI=1S/C17H15F3N2O2.BrH/c1-2-8-22-9-6-13(7-10-22)12-24-16(23)21-15-5-3-4-14(11-15)17(18,19)20;/h2-7,9-11H,1,8,12H2;1H. The van der Waals surface area contributed by atoms with Crippen LogP contribution in [0.5, 0.6) is 0 Å². The second-order valence-electron chi connectivity index (χ2n) is 4.97. The van der Waals surface area contributed by atoms with Gasteiger partial charge in [0.2, 0.25) is 0 Å². The molecule has 1 N–H and O–H groups in total. The first-order valence-corrected chi connectivity index (χ1v) is 7.08. The molecule has 0 atom stereocenters. The maximum Gasteiger partial charge on any atom is 0.416 e. The number of rotatable bonds is 5. The molecule has 0 unspecified atom stereocenters. The van der Waals surface area contributed by atoms with Crippen molar-refractivity contribution < 1.29 is 44.3 Å². The fourth-order valence-electron chi connectivity index (χ4n) is 1.93. The maximum absolute atomic E-state index is 12.6. The number of benzene rings is 1. The zero-order valence-electron chi connectivity index (χ0n) is 13.1. The van der Waals surface area contributed by atoms with Crippen LogP contribution >= 0.6 is 0 Å². The molecule has 0 saturated heterocycles. The van der Waals surface area contributed by atoms with Crippen molar-refractivity contribution in [2.24, 2.45) is 0 Å². The van der Waals surface area contributed by atoms with E-state index in [4.69, 9.17) is 4.74 Å². The first kappa shape index (κ1) is 20.7. The minimum Gasteiger partial charge on any atom is -1.00 e. The summed E-state index contributed by atoms with van der Waals surface area (Å²) in [5.41, 5.74) is -0.0589. The molecule has 0 aliphatic rings. The highest BCUT2D eigenvalue weighted by Crippen LogP contribution is 2.30. The second-order valence-corrected chi connectivity index (χ2v) is 4.97. The van der Waals surface area contributed by atoms with Gasteiger partial charge in [-0.05, 0) is 24.3 Å². The molecule has 2 rings (SSSR count). The molecule has 0 fully saturated rings. The molecule has 1 aromatic carbocycles. The fraction of sp³-hybridized carbons (Fsp3) is 0.176. The number of anilines is 1. The lowest BCUT2D eigenvalue weighted by Crippen LogP contribution is -3.00. The molecule has 0 saturated carbocycles. The molecule has 0 aliphatic carbocycles. The molecule has 0 bridgehead atoms. The molecule has 0 radical (unpaired) electrons. The van der Waals surface area contributed by atoms with Crippen LogP contribution in [0, 0.1) is 0 Å². The molecule has 1 amide bonds. The van der Waals surface area contributed by atoms with Crippen LogP contribution in [0.1, 0.15) is 11.1 Å². The normalized spacial score (nSPS) is 10.5. The molecule has 4 nitrogen and oxygen atoms in total. The highest BCUT2D eigenvalue weighted by molar-refractivity contribution is 5.84. The van der Waals surface area contributed by atoms with E-state index in [2.05, 4.69) is 11.9 Å². The Hall–Kier alpha value is -2.35. The predicted molar refractivity (Wildman–Crippen MR) is 82.1 cm³/mol. The number of nitrogens with one attached hydrogen (secondary N) is 1. The Balaban J connectivity index is 0.00000312. The number of ether oxygens (including phenoxy) is 1. The smallest absolute Gasteiger partial charge is 0.416 e. The topological polar surface area (TPSA) is 42.2 Å². The quantitative estimate of drug-likeness (QED) is 0.581. The molecular formula is C17H16BrF3N2O2. The number of carbonyl (C=O) groups excluding carboxylic acids is 1. The summed E-state index contributed by atoms with van der Waals surface area (Å²) in [5, 5.41) is 2.28. The maximum atomic E-state index is 12.6. The molecule has 134 valence electrons. The van der Waals surface area contributed by atoms with Gasteiger partial charge in [-0.15, -0.1) is 0 Å².